The van der Waals surface area contributed by atoms with Crippen molar-refractivity contribution in [1.29, 1.82) is 0 Å². The molecule has 112 heavy (non-hydrogen) atoms. The zero-order valence-corrected chi connectivity index (χ0v) is 70.1. The van der Waals surface area contributed by atoms with Gasteiger partial charge in [0.05, 0.1) is 44.4 Å². The monoisotopic (exact) mass is 1610 g/mol. The zero-order valence-electron chi connectivity index (χ0n) is 68.5. The van der Waals surface area contributed by atoms with E-state index in [-0.39, 0.29) is 16.6 Å². The van der Waals surface area contributed by atoms with Gasteiger partial charge in [-0.15, -0.1) is 0 Å². The number of aliphatic hydroxyl groups is 1. The number of Topliss-reactive ketones (excluding diaryl/α,β-unsaturated/α-hetero) is 1. The highest BCUT2D eigenvalue weighted by molar-refractivity contribution is 9.09. The molecule has 13 rings (SSSR count). The Balaban J connectivity index is 0.000000269. The van der Waals surface area contributed by atoms with Gasteiger partial charge in [-0.3, -0.25) is 57.4 Å². The molecule has 6 aliphatic rings. The second-order valence-corrected chi connectivity index (χ2v) is 31.9. The Bertz CT molecular complexity index is 3850. The maximum atomic E-state index is 11.6. The number of hydrogen-bond acceptors (Lipinski definition) is 16. The van der Waals surface area contributed by atoms with Crippen molar-refractivity contribution in [2.24, 2.45) is 66.9 Å². The predicted octanol–water partition coefficient (Wildman–Crippen LogP) is 21.1. The summed E-state index contributed by atoms with van der Waals surface area (Å²) < 4.78 is 49.9. The molecule has 4 unspecified atom stereocenters. The van der Waals surface area contributed by atoms with E-state index in [1.807, 2.05) is 107 Å². The van der Waals surface area contributed by atoms with E-state index in [0.29, 0.717) is 88.5 Å². The molecule has 612 valence electrons. The molecule has 0 spiro atoms. The normalized spacial score (nSPS) is 21.9. The summed E-state index contributed by atoms with van der Waals surface area (Å²) in [6.07, 6.45) is 21.8. The summed E-state index contributed by atoms with van der Waals surface area (Å²) in [5.41, 5.74) is 15.1. The van der Waals surface area contributed by atoms with Gasteiger partial charge in [0.1, 0.15) is 41.7 Å². The van der Waals surface area contributed by atoms with Crippen molar-refractivity contribution in [2.45, 2.75) is 199 Å². The third-order valence-corrected chi connectivity index (χ3v) is 24.1. The average molecular weight is 1610 g/mol. The molecule has 22 heteroatoms. The number of aryl methyl sites for hydroxylation is 1. The number of benzene rings is 4. The molecule has 4 N–H and O–H groups in total. The maximum absolute atomic E-state index is 11.6. The number of hydrogen-bond donors (Lipinski definition) is 3. The Labute approximate surface area is 674 Å². The van der Waals surface area contributed by atoms with E-state index >= 15 is 0 Å². The fourth-order valence-corrected chi connectivity index (χ4v) is 16.0. The molecule has 6 bridgehead atoms. The number of aromatic hydroxyl groups is 1. The average Bonchev–Trinajstić information content (AvgIpc) is 1.58. The molecule has 4 aromatic carbocycles. The van der Waals surface area contributed by atoms with Crippen LogP contribution < -0.4 is 15.2 Å². The van der Waals surface area contributed by atoms with Gasteiger partial charge in [-0.2, -0.15) is 0 Å². The molecule has 0 saturated heterocycles. The number of aromatic nitrogens is 3. The first-order chi connectivity index (χ1) is 53.4. The van der Waals surface area contributed by atoms with Crippen LogP contribution in [0, 0.1) is 66.3 Å². The predicted molar refractivity (Wildman–Crippen MR) is 448 cm³/mol. The molecule has 0 aliphatic heterocycles. The topological polar surface area (TPSA) is 249 Å². The summed E-state index contributed by atoms with van der Waals surface area (Å²) >= 11 is 3.30. The number of nitrogens with zero attached hydrogens (tertiary/aromatic N) is 5. The molecule has 17 nitrogen and oxygen atoms in total. The van der Waals surface area contributed by atoms with E-state index < -0.39 is 25.1 Å². The van der Waals surface area contributed by atoms with Crippen molar-refractivity contribution in [2.75, 3.05) is 44.9 Å². The Morgan fingerprint density at radius 3 is 1.54 bits per heavy atom. The van der Waals surface area contributed by atoms with Crippen LogP contribution >= 0.6 is 15.9 Å². The summed E-state index contributed by atoms with van der Waals surface area (Å²) in [5, 5.41) is 29.5. The number of nitro groups is 1. The molecule has 8 atom stereocenters. The number of aliphatic hydroxyl groups excluding tert-OH is 1. The largest absolute Gasteiger partial charge is 0.762 e. The summed E-state index contributed by atoms with van der Waals surface area (Å²) in [4.78, 5) is 59.4. The first-order valence-corrected chi connectivity index (χ1v) is 40.6. The van der Waals surface area contributed by atoms with Gasteiger partial charge in [0, 0.05) is 88.4 Å². The molecule has 0 amide bonds. The van der Waals surface area contributed by atoms with Crippen molar-refractivity contribution in [3.8, 4) is 17.2 Å². The van der Waals surface area contributed by atoms with E-state index in [9.17, 15) is 42.6 Å². The number of phenols is 1. The third kappa shape index (κ3) is 30.1. The van der Waals surface area contributed by atoms with E-state index in [2.05, 4.69) is 124 Å². The van der Waals surface area contributed by atoms with Gasteiger partial charge >= 0.3 is 7.54 Å². The fourth-order valence-electron chi connectivity index (χ4n) is 15.7. The number of ketones is 1. The van der Waals surface area contributed by atoms with Crippen LogP contribution in [0.2, 0.25) is 0 Å². The molecule has 3 heterocycles. The van der Waals surface area contributed by atoms with Gasteiger partial charge in [0.25, 0.3) is 0 Å². The van der Waals surface area contributed by atoms with Crippen molar-refractivity contribution in [3.05, 3.63) is 226 Å². The number of nitrogens with two attached hydrogens (primary N) is 1. The van der Waals surface area contributed by atoms with Gasteiger partial charge in [-0.05, 0) is 220 Å². The highest BCUT2D eigenvalue weighted by atomic mass is 79.9. The number of aliphatic imine (C=N–C) groups is 1. The van der Waals surface area contributed by atoms with Gasteiger partial charge in [-0.25, -0.2) is 0 Å². The van der Waals surface area contributed by atoms with Crippen LogP contribution in [-0.2, 0) is 40.4 Å². The molecule has 6 fully saturated rings. The smallest absolute Gasteiger partial charge is 0.508 e. The van der Waals surface area contributed by atoms with Gasteiger partial charge in [-0.1, -0.05) is 177 Å². The molecule has 3 aromatic heterocycles. The highest BCUT2D eigenvalue weighted by Crippen LogP contribution is 2.69. The third-order valence-electron chi connectivity index (χ3n) is 23.8. The minimum absolute atomic E-state index is 0.0255. The van der Waals surface area contributed by atoms with Crippen LogP contribution in [0.15, 0.2) is 181 Å². The van der Waals surface area contributed by atoms with E-state index in [1.54, 1.807) is 54.7 Å². The standard InChI is InChI=1S/C17H25N.C16H22N2.C11H15NO4.C10H12O2.C10H16O.C9H11BrO.C7H6O2.C6H8N2.C4H10O.BF3/c1-16(2)13-9-10-17(16,3)14(12-13)7-8-15-6-4-5-11-18-15;1-15(2)12-7-8-16(15,3)14(10-12)18-11-13-6-4-5-9-17-13;1-2-6-16-10-5-3-4-9(7-10)11(13)8-12(14)15;1-2-6-12-10-5-3-4-9(7-10)8-11;1-9(2)7-4-5-10(9,3)8(11)6-7;10-6-7-11-8-9-4-2-1-3-5-9;8-5-6-2-1-3-7(9)4-6;7-5-6-3-1-2-4-8-6;1-3-5-4-2;2-1(3)4/h4-6,11,13-14H,7-10,12H2,1-3H3;4-6,9,12H,7-8,10-11H2,1-3H3;3-5,7,11,13H,2,6,8H2,1H3;3-5,7-8H,2,6H2,1H3;7H,4-6H2,1-3H3;1-5H,6-8H2;1-5,9H;1-4H,5,7H2;3-4H2,1-2H3;/t13?,14?,17-;12?,16-;11-;;7?,10-;;;;;/m001.0...../s1. The van der Waals surface area contributed by atoms with Crippen LogP contribution in [0.25, 0.3) is 0 Å². The van der Waals surface area contributed by atoms with E-state index in [0.717, 1.165) is 105 Å². The molecule has 7 aromatic rings. The van der Waals surface area contributed by atoms with E-state index in [1.165, 1.54) is 80.5 Å². The summed E-state index contributed by atoms with van der Waals surface area (Å²) in [7, 11) is -3.67. The molecule has 0 radical (unpaired) electrons. The number of carbonyl (C=O) groups excluding carboxylic acids is 3. The summed E-state index contributed by atoms with van der Waals surface area (Å²) in [6.45, 7) is 34.8. The minimum Gasteiger partial charge on any atom is -0.508 e. The van der Waals surface area contributed by atoms with Crippen LogP contribution in [0.3, 0.4) is 0 Å². The number of halogens is 4. The Kier molecular flexibility index (Phi) is 42.7. The van der Waals surface area contributed by atoms with Gasteiger partial charge < -0.3 is 34.9 Å². The van der Waals surface area contributed by atoms with Gasteiger partial charge in [0.2, 0.25) is 6.54 Å². The quantitative estimate of drug-likeness (QED) is 0.0135. The molecule has 6 saturated carbocycles. The number of alkyl halides is 1. The minimum atomic E-state index is -3.67. The molecular weight excluding hydrogens is 1490 g/mol. The summed E-state index contributed by atoms with van der Waals surface area (Å²) in [5.74, 6) is 5.43. The fraction of sp³-hybridized carbons (Fsp3) is 0.522. The van der Waals surface area contributed by atoms with Crippen LogP contribution in [0.1, 0.15) is 222 Å². The van der Waals surface area contributed by atoms with Crippen molar-refractivity contribution in [3.63, 3.8) is 0 Å². The number of ether oxygens (including phenoxy) is 4. The first kappa shape index (κ1) is 96.4. The number of aldehydes is 2. The van der Waals surface area contributed by atoms with Crippen LogP contribution in [0.4, 0.5) is 12.9 Å². The first-order valence-electron chi connectivity index (χ1n) is 39.5. The Morgan fingerprint density at radius 2 is 1.13 bits per heavy atom. The number of phenolic OH excluding ortho intramolecular Hbond substituents is 1. The number of carbonyl (C=O) groups is 3. The SMILES string of the molecule is BrCCOCc1ccccc1.CC1(C)C2CC[C@@]1(C)C(=NCc1ccccn1)C2.CC1(C)C2CC[C@@]1(C)C(=O)C2.CC1(C)C2CC[C@@]1(C)C(CCc1ccccn1)C2.CCCOc1cccc(C=O)c1.CCCOc1cccc([C@H](O)C[N+](=O)[O-])c1.CCOCC.FB(F)F.NCc1ccccn1.O=Cc1cccc(O)c1. The van der Waals surface area contributed by atoms with E-state index in [4.69, 9.17) is 34.8 Å². The molecular formula is C90H125BBrF3N6O11. The second-order valence-electron chi connectivity index (χ2n) is 31.1. The summed E-state index contributed by atoms with van der Waals surface area (Å²) in [6, 6.07) is 48.3. The van der Waals surface area contributed by atoms with Crippen LogP contribution in [0.5, 0.6) is 17.2 Å². The number of pyridine rings is 3. The second kappa shape index (κ2) is 49.6. The highest BCUT2D eigenvalue weighted by Gasteiger charge is 2.62. The lowest BCUT2D eigenvalue weighted by Crippen LogP contribution is -2.32. The lowest BCUT2D eigenvalue weighted by Gasteiger charge is -2.39. The van der Waals surface area contributed by atoms with Crippen molar-refractivity contribution in [1.82, 2.24) is 15.0 Å². The lowest BCUT2D eigenvalue weighted by atomic mass is 9.65. The number of fused-ring (bicyclic) bond motifs is 6. The Morgan fingerprint density at radius 1 is 0.625 bits per heavy atom. The van der Waals surface area contributed by atoms with Crippen molar-refractivity contribution < 1.29 is 61.4 Å². The lowest BCUT2D eigenvalue weighted by molar-refractivity contribution is -0.491. The van der Waals surface area contributed by atoms with Gasteiger partial charge in [0.15, 0.2) is 0 Å². The Hall–Kier alpha value is -8.02. The molecule has 6 aliphatic carbocycles. The maximum Gasteiger partial charge on any atom is 0.762 e. The van der Waals surface area contributed by atoms with Crippen LogP contribution in [-0.4, -0.2) is 107 Å². The number of rotatable bonds is 23. The van der Waals surface area contributed by atoms with Crippen molar-refractivity contribution >= 4 is 47.5 Å². The zero-order chi connectivity index (χ0) is 82.8.